The molecule has 170 valence electrons. The number of nitrogens with one attached hydrogen (secondary N) is 1. The number of imidazole rings is 1. The highest BCUT2D eigenvalue weighted by molar-refractivity contribution is 5.90. The molecule has 1 fully saturated rings. The number of halogens is 3. The maximum Gasteiger partial charge on any atom is 0.416 e. The number of benzene rings is 2. The van der Waals surface area contributed by atoms with E-state index in [4.69, 9.17) is 4.98 Å². The van der Waals surface area contributed by atoms with E-state index < -0.39 is 11.7 Å². The van der Waals surface area contributed by atoms with Crippen molar-refractivity contribution in [2.75, 3.05) is 18.4 Å². The molecule has 2 heterocycles. The predicted octanol–water partition coefficient (Wildman–Crippen LogP) is 5.22. The van der Waals surface area contributed by atoms with Gasteiger partial charge in [-0.15, -0.1) is 0 Å². The van der Waals surface area contributed by atoms with Gasteiger partial charge in [0, 0.05) is 25.7 Å². The fraction of sp³-hybridized carbons (Fsp3) is 0.417. The van der Waals surface area contributed by atoms with E-state index in [2.05, 4.69) is 20.9 Å². The topological polar surface area (TPSA) is 50.2 Å². The van der Waals surface area contributed by atoms with Crippen molar-refractivity contribution >= 4 is 22.6 Å². The third-order valence-electron chi connectivity index (χ3n) is 6.12. The summed E-state index contributed by atoms with van der Waals surface area (Å²) >= 11 is 0. The first-order chi connectivity index (χ1) is 15.3. The van der Waals surface area contributed by atoms with Crippen LogP contribution in [-0.4, -0.2) is 33.4 Å². The van der Waals surface area contributed by atoms with Crippen LogP contribution < -0.4 is 5.32 Å². The summed E-state index contributed by atoms with van der Waals surface area (Å²) in [5.41, 5.74) is 1.78. The van der Waals surface area contributed by atoms with Gasteiger partial charge in [-0.3, -0.25) is 9.69 Å². The Labute approximate surface area is 185 Å². The van der Waals surface area contributed by atoms with Crippen LogP contribution in [-0.2, 0) is 24.6 Å². The van der Waals surface area contributed by atoms with Crippen LogP contribution in [0.2, 0.25) is 0 Å². The molecular weight excluding hydrogens is 417 g/mol. The number of hydrogen-bond donors (Lipinski definition) is 1. The predicted molar refractivity (Wildman–Crippen MR) is 118 cm³/mol. The minimum Gasteiger partial charge on any atom is -0.330 e. The Kier molecular flexibility index (Phi) is 6.50. The number of para-hydroxylation sites is 2. The van der Waals surface area contributed by atoms with Gasteiger partial charge in [0.15, 0.2) is 0 Å². The Morgan fingerprint density at radius 1 is 1.16 bits per heavy atom. The van der Waals surface area contributed by atoms with E-state index in [0.717, 1.165) is 67.9 Å². The van der Waals surface area contributed by atoms with E-state index in [0.29, 0.717) is 18.0 Å². The lowest BCUT2D eigenvalue weighted by Crippen LogP contribution is -2.36. The molecule has 3 aromatic rings. The van der Waals surface area contributed by atoms with Crippen molar-refractivity contribution in [2.45, 2.75) is 38.4 Å². The Bertz CT molecular complexity index is 1080. The maximum absolute atomic E-state index is 12.7. The van der Waals surface area contributed by atoms with E-state index >= 15 is 0 Å². The van der Waals surface area contributed by atoms with E-state index in [1.807, 2.05) is 25.2 Å². The molecule has 0 aliphatic carbocycles. The molecule has 1 aliphatic rings. The molecule has 2 aromatic carbocycles. The quantitative estimate of drug-likeness (QED) is 0.567. The van der Waals surface area contributed by atoms with Crippen LogP contribution in [0.1, 0.15) is 37.1 Å². The number of hydrogen-bond acceptors (Lipinski definition) is 3. The van der Waals surface area contributed by atoms with Gasteiger partial charge in [0.2, 0.25) is 5.91 Å². The molecule has 0 radical (unpaired) electrons. The van der Waals surface area contributed by atoms with Gasteiger partial charge in [0.05, 0.1) is 23.1 Å². The molecule has 4 rings (SSSR count). The number of amides is 1. The van der Waals surface area contributed by atoms with Crippen LogP contribution in [0.3, 0.4) is 0 Å². The van der Waals surface area contributed by atoms with Crippen LogP contribution in [0.15, 0.2) is 48.5 Å². The molecule has 1 amide bonds. The molecule has 1 atom stereocenters. The molecular formula is C24H27F3N4O. The number of carbonyl (C=O) groups is 1. The second-order valence-corrected chi connectivity index (χ2v) is 8.48. The minimum atomic E-state index is -4.38. The molecule has 1 aromatic heterocycles. The number of alkyl halides is 3. The minimum absolute atomic E-state index is 0.169. The van der Waals surface area contributed by atoms with Gasteiger partial charge < -0.3 is 9.88 Å². The van der Waals surface area contributed by atoms with Gasteiger partial charge in [-0.2, -0.15) is 13.2 Å². The summed E-state index contributed by atoms with van der Waals surface area (Å²) in [4.78, 5) is 19.4. The Morgan fingerprint density at radius 2 is 1.91 bits per heavy atom. The molecule has 5 nitrogen and oxygen atoms in total. The van der Waals surface area contributed by atoms with Crippen molar-refractivity contribution in [3.8, 4) is 0 Å². The number of aromatic nitrogens is 2. The van der Waals surface area contributed by atoms with Gasteiger partial charge in [0.1, 0.15) is 5.82 Å². The first kappa shape index (κ1) is 22.3. The van der Waals surface area contributed by atoms with E-state index in [1.165, 1.54) is 12.1 Å². The smallest absolute Gasteiger partial charge is 0.330 e. The average Bonchev–Trinajstić information content (AvgIpc) is 3.08. The summed E-state index contributed by atoms with van der Waals surface area (Å²) in [6, 6.07) is 12.6. The van der Waals surface area contributed by atoms with E-state index in [-0.39, 0.29) is 5.91 Å². The van der Waals surface area contributed by atoms with Crippen molar-refractivity contribution in [1.82, 2.24) is 14.5 Å². The molecule has 0 unspecified atom stereocenters. The SMILES string of the molecule is Cn1c(CN2CCC[C@@H](CCC(=O)Nc3ccc(C(F)(F)F)cc3)C2)nc2ccccc21. The highest BCUT2D eigenvalue weighted by atomic mass is 19.4. The van der Waals surface area contributed by atoms with Crippen LogP contribution in [0.25, 0.3) is 11.0 Å². The van der Waals surface area contributed by atoms with Crippen molar-refractivity contribution in [1.29, 1.82) is 0 Å². The van der Waals surface area contributed by atoms with Gasteiger partial charge >= 0.3 is 6.18 Å². The van der Waals surface area contributed by atoms with Crippen LogP contribution in [0.4, 0.5) is 18.9 Å². The van der Waals surface area contributed by atoms with Gasteiger partial charge in [-0.05, 0) is 68.1 Å². The number of piperidine rings is 1. The molecule has 1 N–H and O–H groups in total. The molecule has 0 spiro atoms. The zero-order valence-corrected chi connectivity index (χ0v) is 18.0. The lowest BCUT2D eigenvalue weighted by atomic mass is 9.93. The summed E-state index contributed by atoms with van der Waals surface area (Å²) in [5, 5.41) is 2.70. The number of anilines is 1. The van der Waals surface area contributed by atoms with Gasteiger partial charge in [-0.25, -0.2) is 4.98 Å². The summed E-state index contributed by atoms with van der Waals surface area (Å²) in [6.45, 7) is 2.70. The molecule has 1 saturated heterocycles. The Hall–Kier alpha value is -2.87. The highest BCUT2D eigenvalue weighted by Gasteiger charge is 2.30. The van der Waals surface area contributed by atoms with E-state index in [9.17, 15) is 18.0 Å². The van der Waals surface area contributed by atoms with Crippen LogP contribution >= 0.6 is 0 Å². The fourth-order valence-corrected chi connectivity index (χ4v) is 4.37. The zero-order valence-electron chi connectivity index (χ0n) is 18.0. The summed E-state index contributed by atoms with van der Waals surface area (Å²) < 4.78 is 40.1. The second kappa shape index (κ2) is 9.32. The monoisotopic (exact) mass is 444 g/mol. The Balaban J connectivity index is 1.27. The third-order valence-corrected chi connectivity index (χ3v) is 6.12. The number of carbonyl (C=O) groups excluding carboxylic acids is 1. The standard InChI is InChI=1S/C24H27F3N4O/c1-30-21-7-3-2-6-20(21)29-22(30)16-31-14-4-5-17(15-31)8-13-23(32)28-19-11-9-18(10-12-19)24(25,26)27/h2-3,6-7,9-12,17H,4-5,8,13-16H2,1H3,(H,28,32)/t17-/m0/s1. The van der Waals surface area contributed by atoms with Crippen molar-refractivity contribution in [3.05, 3.63) is 59.9 Å². The van der Waals surface area contributed by atoms with Crippen LogP contribution in [0.5, 0.6) is 0 Å². The fourth-order valence-electron chi connectivity index (χ4n) is 4.37. The summed E-state index contributed by atoms with van der Waals surface area (Å²) in [7, 11) is 2.04. The third kappa shape index (κ3) is 5.30. The first-order valence-corrected chi connectivity index (χ1v) is 10.9. The molecule has 8 heteroatoms. The summed E-state index contributed by atoms with van der Waals surface area (Å²) in [5.74, 6) is 1.28. The highest BCUT2D eigenvalue weighted by Crippen LogP contribution is 2.30. The molecule has 32 heavy (non-hydrogen) atoms. The second-order valence-electron chi connectivity index (χ2n) is 8.48. The number of rotatable bonds is 6. The average molecular weight is 445 g/mol. The lowest BCUT2D eigenvalue weighted by Gasteiger charge is -2.32. The zero-order chi connectivity index (χ0) is 22.7. The Morgan fingerprint density at radius 3 is 2.62 bits per heavy atom. The van der Waals surface area contributed by atoms with E-state index in [1.54, 1.807) is 0 Å². The molecule has 1 aliphatic heterocycles. The van der Waals surface area contributed by atoms with Crippen molar-refractivity contribution in [2.24, 2.45) is 13.0 Å². The number of likely N-dealkylation sites (tertiary alicyclic amines) is 1. The van der Waals surface area contributed by atoms with Crippen LogP contribution in [0, 0.1) is 5.92 Å². The van der Waals surface area contributed by atoms with Crippen molar-refractivity contribution in [3.63, 3.8) is 0 Å². The normalized spacial score (nSPS) is 17.6. The van der Waals surface area contributed by atoms with Gasteiger partial charge in [-0.1, -0.05) is 12.1 Å². The molecule has 0 saturated carbocycles. The van der Waals surface area contributed by atoms with Crippen molar-refractivity contribution < 1.29 is 18.0 Å². The number of nitrogens with zero attached hydrogens (tertiary/aromatic N) is 3. The molecule has 0 bridgehead atoms. The first-order valence-electron chi connectivity index (χ1n) is 10.9. The summed E-state index contributed by atoms with van der Waals surface area (Å²) in [6.07, 6.45) is -1.11. The largest absolute Gasteiger partial charge is 0.416 e. The lowest BCUT2D eigenvalue weighted by molar-refractivity contribution is -0.137. The van der Waals surface area contributed by atoms with Gasteiger partial charge in [0.25, 0.3) is 0 Å². The number of fused-ring (bicyclic) bond motifs is 1. The maximum atomic E-state index is 12.7. The number of aryl methyl sites for hydroxylation is 1.